The van der Waals surface area contributed by atoms with Crippen molar-refractivity contribution in [1.82, 2.24) is 14.7 Å². The van der Waals surface area contributed by atoms with Gasteiger partial charge in [0, 0.05) is 38.1 Å². The maximum absolute atomic E-state index is 13.5. The largest absolute Gasteiger partial charge is 0.497 e. The van der Waals surface area contributed by atoms with Crippen LogP contribution in [0.25, 0.3) is 16.3 Å². The molecule has 6 nitrogen and oxygen atoms in total. The molecule has 1 saturated heterocycles. The minimum Gasteiger partial charge on any atom is -0.497 e. The van der Waals surface area contributed by atoms with Crippen molar-refractivity contribution in [2.75, 3.05) is 38.2 Å². The van der Waals surface area contributed by atoms with E-state index < -0.39 is 0 Å². The first-order valence-electron chi connectivity index (χ1n) is 10.6. The van der Waals surface area contributed by atoms with E-state index in [1.54, 1.807) is 23.1 Å². The summed E-state index contributed by atoms with van der Waals surface area (Å²) >= 11 is 1.60. The third-order valence-corrected chi connectivity index (χ3v) is 6.60. The van der Waals surface area contributed by atoms with Crippen LogP contribution in [0, 0.1) is 0 Å². The Kier molecular flexibility index (Phi) is 5.64. The van der Waals surface area contributed by atoms with Crippen LogP contribution in [0.2, 0.25) is 0 Å². The second kappa shape index (κ2) is 8.88. The van der Waals surface area contributed by atoms with Gasteiger partial charge in [-0.05, 0) is 47.8 Å². The first-order chi connectivity index (χ1) is 15.7. The maximum atomic E-state index is 13.5. The molecule has 0 atom stereocenters. The molecule has 1 amide bonds. The zero-order chi connectivity index (χ0) is 21.9. The Balaban J connectivity index is 1.36. The number of para-hydroxylation sites is 1. The fourth-order valence-corrected chi connectivity index (χ4v) is 4.69. The van der Waals surface area contributed by atoms with E-state index in [1.165, 1.54) is 0 Å². The normalized spacial score (nSPS) is 13.9. The maximum Gasteiger partial charge on any atom is 0.257 e. The van der Waals surface area contributed by atoms with Gasteiger partial charge in [0.25, 0.3) is 5.91 Å². The molecule has 5 rings (SSSR count). The lowest BCUT2D eigenvalue weighted by Gasteiger charge is -2.36. The number of thiophene rings is 1. The highest BCUT2D eigenvalue weighted by Crippen LogP contribution is 2.29. The average molecular weight is 445 g/mol. The van der Waals surface area contributed by atoms with Crippen LogP contribution in [0.4, 0.5) is 5.69 Å². The second-order valence-electron chi connectivity index (χ2n) is 7.63. The van der Waals surface area contributed by atoms with Crippen molar-refractivity contribution in [1.29, 1.82) is 0 Å². The highest BCUT2D eigenvalue weighted by Gasteiger charge is 2.27. The quantitative estimate of drug-likeness (QED) is 0.452. The Labute approximate surface area is 191 Å². The molecule has 0 unspecified atom stereocenters. The van der Waals surface area contributed by atoms with Crippen LogP contribution >= 0.6 is 11.3 Å². The molecule has 0 saturated carbocycles. The number of rotatable bonds is 5. The fraction of sp³-hybridized carbons (Fsp3) is 0.200. The predicted octanol–water partition coefficient (Wildman–Crippen LogP) is 4.57. The van der Waals surface area contributed by atoms with Crippen molar-refractivity contribution in [2.24, 2.45) is 0 Å². The molecule has 1 fully saturated rings. The molecule has 32 heavy (non-hydrogen) atoms. The molecule has 4 aromatic rings. The van der Waals surface area contributed by atoms with Crippen molar-refractivity contribution in [3.63, 3.8) is 0 Å². The van der Waals surface area contributed by atoms with E-state index in [9.17, 15) is 4.79 Å². The lowest BCUT2D eigenvalue weighted by molar-refractivity contribution is 0.0747. The van der Waals surface area contributed by atoms with Crippen molar-refractivity contribution in [2.45, 2.75) is 0 Å². The number of piperazine rings is 1. The number of carbonyl (C=O) groups is 1. The van der Waals surface area contributed by atoms with Gasteiger partial charge in [0.2, 0.25) is 0 Å². The lowest BCUT2D eigenvalue weighted by Crippen LogP contribution is -2.48. The number of hydrogen-bond donors (Lipinski definition) is 0. The minimum atomic E-state index is 0.0324. The lowest BCUT2D eigenvalue weighted by atomic mass is 10.1. The molecule has 0 aliphatic carbocycles. The summed E-state index contributed by atoms with van der Waals surface area (Å²) in [6, 6.07) is 22.0. The van der Waals surface area contributed by atoms with E-state index in [-0.39, 0.29) is 5.91 Å². The Morgan fingerprint density at radius 3 is 2.31 bits per heavy atom. The Hall–Kier alpha value is -3.58. The molecule has 0 N–H and O–H groups in total. The van der Waals surface area contributed by atoms with E-state index in [2.05, 4.69) is 17.0 Å². The summed E-state index contributed by atoms with van der Waals surface area (Å²) < 4.78 is 7.05. The number of hydrogen-bond acceptors (Lipinski definition) is 5. The van der Waals surface area contributed by atoms with Gasteiger partial charge in [0.15, 0.2) is 0 Å². The van der Waals surface area contributed by atoms with Gasteiger partial charge in [-0.15, -0.1) is 11.3 Å². The highest BCUT2D eigenvalue weighted by atomic mass is 32.1. The SMILES string of the molecule is COc1ccc(N2CCN(C(=O)c3cn(-c4ccccc4)nc3-c3cccs3)CC2)cc1. The topological polar surface area (TPSA) is 50.6 Å². The van der Waals surface area contributed by atoms with Crippen LogP contribution in [0.5, 0.6) is 5.75 Å². The van der Waals surface area contributed by atoms with Crippen LogP contribution in [0.15, 0.2) is 78.3 Å². The number of aromatic nitrogens is 2. The average Bonchev–Trinajstić information content (AvgIpc) is 3.55. The minimum absolute atomic E-state index is 0.0324. The first kappa shape index (κ1) is 20.3. The van der Waals surface area contributed by atoms with Crippen molar-refractivity contribution >= 4 is 22.9 Å². The molecule has 2 aromatic heterocycles. The fourth-order valence-electron chi connectivity index (χ4n) is 3.97. The molecule has 0 bridgehead atoms. The molecule has 1 aliphatic heterocycles. The zero-order valence-electron chi connectivity index (χ0n) is 17.8. The molecule has 1 aliphatic rings. The second-order valence-corrected chi connectivity index (χ2v) is 8.57. The third-order valence-electron chi connectivity index (χ3n) is 5.72. The third kappa shape index (κ3) is 3.99. The summed E-state index contributed by atoms with van der Waals surface area (Å²) in [4.78, 5) is 18.8. The zero-order valence-corrected chi connectivity index (χ0v) is 18.7. The van der Waals surface area contributed by atoms with Crippen molar-refractivity contribution < 1.29 is 9.53 Å². The van der Waals surface area contributed by atoms with Gasteiger partial charge < -0.3 is 14.5 Å². The van der Waals surface area contributed by atoms with Gasteiger partial charge in [0.05, 0.1) is 23.2 Å². The Morgan fingerprint density at radius 1 is 0.906 bits per heavy atom. The van der Waals surface area contributed by atoms with Crippen LogP contribution in [-0.2, 0) is 0 Å². The van der Waals surface area contributed by atoms with E-state index in [4.69, 9.17) is 9.84 Å². The number of nitrogens with zero attached hydrogens (tertiary/aromatic N) is 4. The number of anilines is 1. The summed E-state index contributed by atoms with van der Waals surface area (Å²) in [5.74, 6) is 0.879. The Bertz CT molecular complexity index is 1180. The molecule has 3 heterocycles. The summed E-state index contributed by atoms with van der Waals surface area (Å²) in [6.07, 6.45) is 1.86. The standard InChI is InChI=1S/C25H24N4O2S/c1-31-21-11-9-19(10-12-21)27-13-15-28(16-14-27)25(30)22-18-29(20-6-3-2-4-7-20)26-24(22)23-8-5-17-32-23/h2-12,17-18H,13-16H2,1H3. The van der Waals surface area contributed by atoms with Crippen molar-refractivity contribution in [3.05, 3.63) is 83.9 Å². The smallest absolute Gasteiger partial charge is 0.257 e. The number of benzene rings is 2. The summed E-state index contributed by atoms with van der Waals surface area (Å²) in [5.41, 5.74) is 3.48. The number of methoxy groups -OCH3 is 1. The molecule has 2 aromatic carbocycles. The molecule has 162 valence electrons. The molecular weight excluding hydrogens is 420 g/mol. The van der Waals surface area contributed by atoms with Crippen LogP contribution in [0.3, 0.4) is 0 Å². The van der Waals surface area contributed by atoms with E-state index >= 15 is 0 Å². The molecule has 0 radical (unpaired) electrons. The van der Waals surface area contributed by atoms with Gasteiger partial charge in [-0.2, -0.15) is 5.10 Å². The summed E-state index contributed by atoms with van der Waals surface area (Å²) in [6.45, 7) is 2.93. The van der Waals surface area contributed by atoms with Gasteiger partial charge in [-0.1, -0.05) is 24.3 Å². The number of ether oxygens (including phenoxy) is 1. The van der Waals surface area contributed by atoms with E-state index in [0.29, 0.717) is 18.7 Å². The molecule has 0 spiro atoms. The summed E-state index contributed by atoms with van der Waals surface area (Å²) in [5, 5.41) is 6.79. The van der Waals surface area contributed by atoms with Crippen LogP contribution in [0.1, 0.15) is 10.4 Å². The monoisotopic (exact) mass is 444 g/mol. The van der Waals surface area contributed by atoms with Gasteiger partial charge in [-0.3, -0.25) is 4.79 Å². The van der Waals surface area contributed by atoms with Gasteiger partial charge in [0.1, 0.15) is 11.4 Å². The van der Waals surface area contributed by atoms with Gasteiger partial charge in [-0.25, -0.2) is 4.68 Å². The van der Waals surface area contributed by atoms with E-state index in [1.807, 2.05) is 71.1 Å². The first-order valence-corrected chi connectivity index (χ1v) is 11.5. The number of amides is 1. The highest BCUT2D eigenvalue weighted by molar-refractivity contribution is 7.13. The van der Waals surface area contributed by atoms with Gasteiger partial charge >= 0.3 is 0 Å². The van der Waals surface area contributed by atoms with Crippen LogP contribution in [-0.4, -0.2) is 53.9 Å². The van der Waals surface area contributed by atoms with E-state index in [0.717, 1.165) is 40.8 Å². The van der Waals surface area contributed by atoms with Crippen molar-refractivity contribution in [3.8, 4) is 22.0 Å². The Morgan fingerprint density at radius 2 is 1.66 bits per heavy atom. The number of carbonyl (C=O) groups excluding carboxylic acids is 1. The summed E-state index contributed by atoms with van der Waals surface area (Å²) in [7, 11) is 1.67. The molecular formula is C25H24N4O2S. The van der Waals surface area contributed by atoms with Crippen LogP contribution < -0.4 is 9.64 Å². The predicted molar refractivity (Wildman–Crippen MR) is 128 cm³/mol. The molecule has 7 heteroatoms.